The Morgan fingerprint density at radius 1 is 1.30 bits per heavy atom. The van der Waals surface area contributed by atoms with Crippen LogP contribution in [0.3, 0.4) is 0 Å². The summed E-state index contributed by atoms with van der Waals surface area (Å²) in [6.45, 7) is 5.86. The first-order valence-corrected chi connectivity index (χ1v) is 7.88. The molecule has 0 spiro atoms. The van der Waals surface area contributed by atoms with Gasteiger partial charge in [0, 0.05) is 18.0 Å². The maximum atomic E-state index is 12.4. The minimum atomic E-state index is -0.860. The van der Waals surface area contributed by atoms with Crippen LogP contribution in [0, 0.1) is 6.92 Å². The molecule has 0 unspecified atom stereocenters. The van der Waals surface area contributed by atoms with E-state index in [0.717, 1.165) is 16.7 Å². The van der Waals surface area contributed by atoms with Crippen LogP contribution in [0.15, 0.2) is 24.3 Å². The van der Waals surface area contributed by atoms with Gasteiger partial charge < -0.3 is 15.2 Å². The second-order valence-electron chi connectivity index (χ2n) is 5.79. The molecule has 5 nitrogen and oxygen atoms in total. The Labute approximate surface area is 136 Å². The second-order valence-corrected chi connectivity index (χ2v) is 5.79. The van der Waals surface area contributed by atoms with Crippen LogP contribution in [-0.2, 0) is 0 Å². The summed E-state index contributed by atoms with van der Waals surface area (Å²) in [7, 11) is 1.61. The number of benzene rings is 1. The topological polar surface area (TPSA) is 71.5 Å². The number of methoxy groups -OCH3 is 1. The molecular weight excluding hydrogens is 292 g/mol. The van der Waals surface area contributed by atoms with Gasteiger partial charge in [0.2, 0.25) is 0 Å². The van der Waals surface area contributed by atoms with E-state index in [9.17, 15) is 9.90 Å². The first kappa shape index (κ1) is 17.2. The summed E-state index contributed by atoms with van der Waals surface area (Å²) >= 11 is 0. The molecule has 124 valence electrons. The van der Waals surface area contributed by atoms with Gasteiger partial charge in [0.05, 0.1) is 29.5 Å². The van der Waals surface area contributed by atoms with Crippen molar-refractivity contribution in [3.63, 3.8) is 0 Å². The number of hydrogen-bond donors (Lipinski definition) is 2. The van der Waals surface area contributed by atoms with Gasteiger partial charge in [-0.3, -0.25) is 9.78 Å². The van der Waals surface area contributed by atoms with Crippen LogP contribution in [0.25, 0.3) is 10.9 Å². The minimum absolute atomic E-state index is 0.215. The number of amides is 1. The SMILES string of the molecule is CCC(O)(CC)CNC(=O)c1cc2ccc(OC)cc2nc1C. The molecule has 0 atom stereocenters. The maximum Gasteiger partial charge on any atom is 0.253 e. The van der Waals surface area contributed by atoms with Crippen LogP contribution in [0.5, 0.6) is 5.75 Å². The number of pyridine rings is 1. The third-order valence-corrected chi connectivity index (χ3v) is 4.35. The number of rotatable bonds is 6. The van der Waals surface area contributed by atoms with Crippen molar-refractivity contribution in [2.45, 2.75) is 39.2 Å². The van der Waals surface area contributed by atoms with Gasteiger partial charge in [0.15, 0.2) is 0 Å². The highest BCUT2D eigenvalue weighted by Gasteiger charge is 2.23. The van der Waals surface area contributed by atoms with Gasteiger partial charge in [-0.25, -0.2) is 0 Å². The van der Waals surface area contributed by atoms with Gasteiger partial charge in [0.1, 0.15) is 5.75 Å². The predicted octanol–water partition coefficient (Wildman–Crippen LogP) is 2.83. The van der Waals surface area contributed by atoms with Gasteiger partial charge in [-0.1, -0.05) is 13.8 Å². The lowest BCUT2D eigenvalue weighted by atomic mass is 9.97. The Bertz CT molecular complexity index is 709. The molecule has 0 aliphatic heterocycles. The largest absolute Gasteiger partial charge is 0.497 e. The summed E-state index contributed by atoms with van der Waals surface area (Å²) < 4.78 is 5.19. The van der Waals surface area contributed by atoms with Crippen molar-refractivity contribution in [3.05, 3.63) is 35.5 Å². The standard InChI is InChI=1S/C18H24N2O3/c1-5-18(22,6-2)11-19-17(21)15-9-13-7-8-14(23-4)10-16(13)20-12(15)3/h7-10,22H,5-6,11H2,1-4H3,(H,19,21). The molecule has 0 saturated heterocycles. The fraction of sp³-hybridized carbons (Fsp3) is 0.444. The molecule has 2 N–H and O–H groups in total. The summed E-state index contributed by atoms with van der Waals surface area (Å²) in [5.74, 6) is 0.519. The molecule has 1 heterocycles. The van der Waals surface area contributed by atoms with Crippen molar-refractivity contribution in [1.29, 1.82) is 0 Å². The maximum absolute atomic E-state index is 12.4. The van der Waals surface area contributed by atoms with E-state index >= 15 is 0 Å². The molecule has 2 rings (SSSR count). The summed E-state index contributed by atoms with van der Waals surface area (Å²) in [6, 6.07) is 7.39. The molecule has 0 radical (unpaired) electrons. The lowest BCUT2D eigenvalue weighted by Gasteiger charge is -2.25. The zero-order valence-electron chi connectivity index (χ0n) is 14.1. The van der Waals surface area contributed by atoms with Gasteiger partial charge in [0.25, 0.3) is 5.91 Å². The summed E-state index contributed by atoms with van der Waals surface area (Å²) in [6.07, 6.45) is 1.19. The van der Waals surface area contributed by atoms with Gasteiger partial charge in [-0.15, -0.1) is 0 Å². The van der Waals surface area contributed by atoms with Crippen LogP contribution in [0.1, 0.15) is 42.7 Å². The predicted molar refractivity (Wildman–Crippen MR) is 90.9 cm³/mol. The van der Waals surface area contributed by atoms with Crippen molar-refractivity contribution in [3.8, 4) is 5.75 Å². The molecule has 0 saturated carbocycles. The number of nitrogens with zero attached hydrogens (tertiary/aromatic N) is 1. The third-order valence-electron chi connectivity index (χ3n) is 4.35. The molecular formula is C18H24N2O3. The van der Waals surface area contributed by atoms with Crippen LogP contribution >= 0.6 is 0 Å². The summed E-state index contributed by atoms with van der Waals surface area (Å²) in [5.41, 5.74) is 1.11. The molecule has 1 aromatic heterocycles. The molecule has 5 heteroatoms. The van der Waals surface area contributed by atoms with E-state index in [0.29, 0.717) is 24.1 Å². The minimum Gasteiger partial charge on any atom is -0.497 e. The van der Waals surface area contributed by atoms with Crippen molar-refractivity contribution in [2.75, 3.05) is 13.7 Å². The fourth-order valence-electron chi connectivity index (χ4n) is 2.44. The van der Waals surface area contributed by atoms with E-state index in [1.54, 1.807) is 14.0 Å². The molecule has 0 fully saturated rings. The highest BCUT2D eigenvalue weighted by atomic mass is 16.5. The number of aryl methyl sites for hydroxylation is 1. The normalized spacial score (nSPS) is 11.5. The fourth-order valence-corrected chi connectivity index (χ4v) is 2.44. The molecule has 0 aliphatic rings. The number of carbonyl (C=O) groups is 1. The molecule has 2 aromatic rings. The van der Waals surface area contributed by atoms with Crippen molar-refractivity contribution in [1.82, 2.24) is 10.3 Å². The Hall–Kier alpha value is -2.14. The number of carbonyl (C=O) groups excluding carboxylic acids is 1. The third kappa shape index (κ3) is 3.79. The first-order chi connectivity index (χ1) is 10.9. The van der Waals surface area contributed by atoms with Crippen LogP contribution < -0.4 is 10.1 Å². The zero-order chi connectivity index (χ0) is 17.0. The quantitative estimate of drug-likeness (QED) is 0.859. The van der Waals surface area contributed by atoms with Crippen molar-refractivity contribution < 1.29 is 14.6 Å². The Morgan fingerprint density at radius 3 is 2.61 bits per heavy atom. The van der Waals surface area contributed by atoms with Crippen molar-refractivity contribution >= 4 is 16.8 Å². The molecule has 23 heavy (non-hydrogen) atoms. The number of nitrogens with one attached hydrogen (secondary N) is 1. The zero-order valence-corrected chi connectivity index (χ0v) is 14.1. The number of aromatic nitrogens is 1. The number of ether oxygens (including phenoxy) is 1. The average Bonchev–Trinajstić information content (AvgIpc) is 2.58. The van der Waals surface area contributed by atoms with E-state index in [-0.39, 0.29) is 12.5 Å². The Morgan fingerprint density at radius 2 is 2.00 bits per heavy atom. The lowest BCUT2D eigenvalue weighted by molar-refractivity contribution is 0.0314. The monoisotopic (exact) mass is 316 g/mol. The van der Waals surface area contributed by atoms with E-state index < -0.39 is 5.60 Å². The average molecular weight is 316 g/mol. The van der Waals surface area contributed by atoms with E-state index in [1.165, 1.54) is 0 Å². The summed E-state index contributed by atoms with van der Waals surface area (Å²) in [4.78, 5) is 16.9. The number of fused-ring (bicyclic) bond motifs is 1. The van der Waals surface area contributed by atoms with Gasteiger partial charge >= 0.3 is 0 Å². The summed E-state index contributed by atoms with van der Waals surface area (Å²) in [5, 5.41) is 14.0. The van der Waals surface area contributed by atoms with Crippen LogP contribution in [0.2, 0.25) is 0 Å². The first-order valence-electron chi connectivity index (χ1n) is 7.88. The van der Waals surface area contributed by atoms with Gasteiger partial charge in [-0.05, 0) is 38.0 Å². The Kier molecular flexibility index (Phi) is 5.21. The number of aliphatic hydroxyl groups is 1. The van der Waals surface area contributed by atoms with Crippen LogP contribution in [-0.4, -0.2) is 35.3 Å². The van der Waals surface area contributed by atoms with E-state index in [1.807, 2.05) is 38.1 Å². The molecule has 0 aliphatic carbocycles. The highest BCUT2D eigenvalue weighted by Crippen LogP contribution is 2.22. The Balaban J connectivity index is 2.25. The van der Waals surface area contributed by atoms with Gasteiger partial charge in [-0.2, -0.15) is 0 Å². The molecule has 1 amide bonds. The smallest absolute Gasteiger partial charge is 0.253 e. The molecule has 1 aromatic carbocycles. The lowest BCUT2D eigenvalue weighted by Crippen LogP contribution is -2.42. The number of hydrogen-bond acceptors (Lipinski definition) is 4. The highest BCUT2D eigenvalue weighted by molar-refractivity contribution is 5.98. The van der Waals surface area contributed by atoms with Crippen molar-refractivity contribution in [2.24, 2.45) is 0 Å². The second kappa shape index (κ2) is 6.96. The van der Waals surface area contributed by atoms with E-state index in [2.05, 4.69) is 10.3 Å². The van der Waals surface area contributed by atoms with Crippen LogP contribution in [0.4, 0.5) is 0 Å². The van der Waals surface area contributed by atoms with E-state index in [4.69, 9.17) is 4.74 Å². The molecule has 0 bridgehead atoms.